The van der Waals surface area contributed by atoms with Gasteiger partial charge in [0.2, 0.25) is 10.0 Å². The quantitative estimate of drug-likeness (QED) is 0.606. The molecule has 0 radical (unpaired) electrons. The topological polar surface area (TPSA) is 97.4 Å². The Balaban J connectivity index is 1.51. The van der Waals surface area contributed by atoms with Gasteiger partial charge < -0.3 is 4.74 Å². The van der Waals surface area contributed by atoms with E-state index in [0.717, 1.165) is 29.0 Å². The number of ether oxygens (including phenoxy) is 1. The second kappa shape index (κ2) is 8.17. The lowest BCUT2D eigenvalue weighted by Crippen LogP contribution is -2.30. The molecule has 156 valence electrons. The molecule has 0 saturated carbocycles. The van der Waals surface area contributed by atoms with Gasteiger partial charge in [0.15, 0.2) is 5.13 Å². The minimum Gasteiger partial charge on any atom is -0.493 e. The number of benzene rings is 2. The number of hydrogen-bond donors (Lipinski definition) is 2. The summed E-state index contributed by atoms with van der Waals surface area (Å²) in [6.07, 6.45) is 0.877. The van der Waals surface area contributed by atoms with Crippen molar-refractivity contribution in [1.82, 2.24) is 9.71 Å². The molecule has 0 aliphatic carbocycles. The Hall–Kier alpha value is -2.75. The molecule has 3 aromatic rings. The third-order valence-electron chi connectivity index (χ3n) is 4.51. The van der Waals surface area contributed by atoms with Gasteiger partial charge in [-0.3, -0.25) is 10.1 Å². The van der Waals surface area contributed by atoms with Gasteiger partial charge in [-0.15, -0.1) is 11.3 Å². The highest BCUT2D eigenvalue weighted by Crippen LogP contribution is 2.32. The summed E-state index contributed by atoms with van der Waals surface area (Å²) in [5.74, 6) is 0.490. The van der Waals surface area contributed by atoms with E-state index in [1.54, 1.807) is 26.0 Å². The lowest BCUT2D eigenvalue weighted by atomic mass is 10.1. The fraction of sp³-hybridized carbons (Fsp3) is 0.238. The number of fused-ring (bicyclic) bond motifs is 1. The van der Waals surface area contributed by atoms with E-state index in [9.17, 15) is 13.2 Å². The Morgan fingerprint density at radius 3 is 2.83 bits per heavy atom. The molecule has 7 nitrogen and oxygen atoms in total. The molecule has 2 aromatic carbocycles. The molecule has 30 heavy (non-hydrogen) atoms. The van der Waals surface area contributed by atoms with Crippen LogP contribution in [0, 0.1) is 0 Å². The number of nitrogens with zero attached hydrogens (tertiary/aromatic N) is 1. The SMILES string of the molecule is CC(C)NS(=O)(=O)c1cccc(C(=O)Nc2nc(-c3ccc4c(c3)CCO4)cs2)c1. The second-order valence-electron chi connectivity index (χ2n) is 7.22. The van der Waals surface area contributed by atoms with E-state index in [1.807, 2.05) is 17.5 Å². The van der Waals surface area contributed by atoms with Crippen molar-refractivity contribution in [3.63, 3.8) is 0 Å². The maximum atomic E-state index is 12.6. The molecule has 2 heterocycles. The van der Waals surface area contributed by atoms with Crippen LogP contribution in [0.25, 0.3) is 11.3 Å². The second-order valence-corrected chi connectivity index (χ2v) is 9.79. The molecule has 4 rings (SSSR count). The molecule has 1 aliphatic rings. The lowest BCUT2D eigenvalue weighted by molar-refractivity contribution is 0.102. The number of amides is 1. The standard InChI is InChI=1S/C21H21N3O4S2/c1-13(2)24-30(26,27)17-5-3-4-16(11-17)20(25)23-21-22-18(12-29-21)14-6-7-19-15(10-14)8-9-28-19/h3-7,10-13,24H,8-9H2,1-2H3,(H,22,23,25). The van der Waals surface area contributed by atoms with E-state index in [1.165, 1.54) is 23.5 Å². The van der Waals surface area contributed by atoms with Crippen molar-refractivity contribution in [2.75, 3.05) is 11.9 Å². The average molecular weight is 444 g/mol. The van der Waals surface area contributed by atoms with Crippen LogP contribution in [0.1, 0.15) is 29.8 Å². The summed E-state index contributed by atoms with van der Waals surface area (Å²) in [7, 11) is -3.68. The van der Waals surface area contributed by atoms with Gasteiger partial charge in [0, 0.05) is 29.0 Å². The van der Waals surface area contributed by atoms with Crippen molar-refractivity contribution in [2.24, 2.45) is 0 Å². The van der Waals surface area contributed by atoms with Gasteiger partial charge >= 0.3 is 0 Å². The molecule has 2 N–H and O–H groups in total. The van der Waals surface area contributed by atoms with E-state index in [2.05, 4.69) is 21.1 Å². The molecule has 1 aliphatic heterocycles. The van der Waals surface area contributed by atoms with Crippen LogP contribution in [0.2, 0.25) is 0 Å². The number of sulfonamides is 1. The van der Waals surface area contributed by atoms with Crippen LogP contribution >= 0.6 is 11.3 Å². The van der Waals surface area contributed by atoms with E-state index >= 15 is 0 Å². The maximum Gasteiger partial charge on any atom is 0.257 e. The van der Waals surface area contributed by atoms with E-state index in [-0.39, 0.29) is 16.5 Å². The summed E-state index contributed by atoms with van der Waals surface area (Å²) < 4.78 is 32.7. The largest absolute Gasteiger partial charge is 0.493 e. The van der Waals surface area contributed by atoms with Crippen molar-refractivity contribution < 1.29 is 17.9 Å². The third kappa shape index (κ3) is 4.38. The molecule has 0 spiro atoms. The monoisotopic (exact) mass is 443 g/mol. The average Bonchev–Trinajstić information content (AvgIpc) is 3.35. The first-order chi connectivity index (χ1) is 14.3. The normalized spacial score (nSPS) is 13.2. The van der Waals surface area contributed by atoms with Gasteiger partial charge in [0.05, 0.1) is 17.2 Å². The van der Waals surface area contributed by atoms with Crippen molar-refractivity contribution in [3.05, 3.63) is 59.0 Å². The minimum atomic E-state index is -3.68. The first-order valence-corrected chi connectivity index (χ1v) is 11.8. The molecular weight excluding hydrogens is 422 g/mol. The van der Waals surface area contributed by atoms with Crippen LogP contribution in [-0.4, -0.2) is 32.0 Å². The van der Waals surface area contributed by atoms with Crippen molar-refractivity contribution in [1.29, 1.82) is 0 Å². The van der Waals surface area contributed by atoms with Crippen LogP contribution in [0.15, 0.2) is 52.7 Å². The number of aromatic nitrogens is 1. The summed E-state index contributed by atoms with van der Waals surface area (Å²) in [5, 5.41) is 5.07. The van der Waals surface area contributed by atoms with Gasteiger partial charge in [0.25, 0.3) is 5.91 Å². The van der Waals surface area contributed by atoms with Crippen LogP contribution in [0.4, 0.5) is 5.13 Å². The van der Waals surface area contributed by atoms with Crippen LogP contribution in [-0.2, 0) is 16.4 Å². The predicted molar refractivity (Wildman–Crippen MR) is 117 cm³/mol. The lowest BCUT2D eigenvalue weighted by Gasteiger charge is -2.10. The zero-order valence-electron chi connectivity index (χ0n) is 16.5. The first-order valence-electron chi connectivity index (χ1n) is 9.47. The minimum absolute atomic E-state index is 0.0454. The van der Waals surface area contributed by atoms with Gasteiger partial charge in [0.1, 0.15) is 5.75 Å². The van der Waals surface area contributed by atoms with E-state index in [4.69, 9.17) is 4.74 Å². The highest BCUT2D eigenvalue weighted by molar-refractivity contribution is 7.89. The number of anilines is 1. The van der Waals surface area contributed by atoms with Gasteiger partial charge in [-0.05, 0) is 55.8 Å². The van der Waals surface area contributed by atoms with E-state index < -0.39 is 15.9 Å². The zero-order chi connectivity index (χ0) is 21.3. The van der Waals surface area contributed by atoms with E-state index in [0.29, 0.717) is 11.7 Å². The summed E-state index contributed by atoms with van der Waals surface area (Å²) in [4.78, 5) is 17.2. The molecule has 9 heteroatoms. The molecule has 0 bridgehead atoms. The molecule has 1 amide bonds. The summed E-state index contributed by atoms with van der Waals surface area (Å²) in [6.45, 7) is 4.17. The highest BCUT2D eigenvalue weighted by atomic mass is 32.2. The van der Waals surface area contributed by atoms with Crippen LogP contribution < -0.4 is 14.8 Å². The van der Waals surface area contributed by atoms with Crippen LogP contribution in [0.3, 0.4) is 0 Å². The predicted octanol–water partition coefficient (Wildman–Crippen LogP) is 3.68. The summed E-state index contributed by atoms with van der Waals surface area (Å²) >= 11 is 1.31. The molecule has 1 aromatic heterocycles. The molecule has 0 atom stereocenters. The third-order valence-corrected chi connectivity index (χ3v) is 6.92. The number of hydrogen-bond acceptors (Lipinski definition) is 6. The first kappa shape index (κ1) is 20.5. The molecular formula is C21H21N3O4S2. The number of carbonyl (C=O) groups excluding carboxylic acids is 1. The number of thiazole rings is 1. The Morgan fingerprint density at radius 2 is 2.03 bits per heavy atom. The number of rotatable bonds is 6. The Bertz CT molecular complexity index is 1200. The molecule has 0 fully saturated rings. The maximum absolute atomic E-state index is 12.6. The number of nitrogens with one attached hydrogen (secondary N) is 2. The zero-order valence-corrected chi connectivity index (χ0v) is 18.1. The van der Waals surface area contributed by atoms with Gasteiger partial charge in [-0.2, -0.15) is 0 Å². The smallest absolute Gasteiger partial charge is 0.257 e. The summed E-state index contributed by atoms with van der Waals surface area (Å²) in [5.41, 5.74) is 3.12. The Labute approximate surface area is 179 Å². The van der Waals surface area contributed by atoms with Crippen molar-refractivity contribution >= 4 is 32.4 Å². The van der Waals surface area contributed by atoms with Gasteiger partial charge in [-0.1, -0.05) is 6.07 Å². The molecule has 0 saturated heterocycles. The van der Waals surface area contributed by atoms with Crippen LogP contribution in [0.5, 0.6) is 5.75 Å². The summed E-state index contributed by atoms with van der Waals surface area (Å²) in [6, 6.07) is 11.6. The number of carbonyl (C=O) groups is 1. The highest BCUT2D eigenvalue weighted by Gasteiger charge is 2.18. The molecule has 0 unspecified atom stereocenters. The fourth-order valence-electron chi connectivity index (χ4n) is 3.16. The fourth-order valence-corrected chi connectivity index (χ4v) is 5.17. The van der Waals surface area contributed by atoms with Gasteiger partial charge in [-0.25, -0.2) is 18.1 Å². The van der Waals surface area contributed by atoms with Crippen molar-refractivity contribution in [2.45, 2.75) is 31.2 Å². The Morgan fingerprint density at radius 1 is 1.20 bits per heavy atom. The Kier molecular flexibility index (Phi) is 5.59. The van der Waals surface area contributed by atoms with Crippen molar-refractivity contribution in [3.8, 4) is 17.0 Å².